The smallest absolute Gasteiger partial charge is 0.253 e. The van der Waals surface area contributed by atoms with Gasteiger partial charge in [-0.1, -0.05) is 25.1 Å². The van der Waals surface area contributed by atoms with Crippen LogP contribution in [-0.4, -0.2) is 28.2 Å². The van der Waals surface area contributed by atoms with E-state index in [9.17, 15) is 9.59 Å². The quantitative estimate of drug-likeness (QED) is 0.739. The van der Waals surface area contributed by atoms with Crippen LogP contribution in [0, 0.1) is 5.92 Å². The SMILES string of the molecule is C[C@H](COc1ccccc1)C(=O)n1nc(N)c2ccc(C(N)=O)cc21. The van der Waals surface area contributed by atoms with Crippen LogP contribution in [0.5, 0.6) is 5.75 Å². The predicted molar refractivity (Wildman–Crippen MR) is 94.4 cm³/mol. The second kappa shape index (κ2) is 6.64. The highest BCUT2D eigenvalue weighted by Gasteiger charge is 2.21. The van der Waals surface area contributed by atoms with Crippen molar-refractivity contribution in [3.63, 3.8) is 0 Å². The lowest BCUT2D eigenvalue weighted by molar-refractivity contribution is 0.0791. The summed E-state index contributed by atoms with van der Waals surface area (Å²) in [6.45, 7) is 1.94. The Morgan fingerprint density at radius 3 is 2.60 bits per heavy atom. The first kappa shape index (κ1) is 16.5. The van der Waals surface area contributed by atoms with Gasteiger partial charge in [-0.15, -0.1) is 5.10 Å². The van der Waals surface area contributed by atoms with Crippen molar-refractivity contribution in [2.24, 2.45) is 11.7 Å². The number of hydrogen-bond acceptors (Lipinski definition) is 5. The van der Waals surface area contributed by atoms with E-state index in [2.05, 4.69) is 5.10 Å². The number of benzene rings is 2. The molecule has 0 unspecified atom stereocenters. The van der Waals surface area contributed by atoms with Crippen molar-refractivity contribution >= 4 is 28.5 Å². The molecule has 4 N–H and O–H groups in total. The van der Waals surface area contributed by atoms with Crippen molar-refractivity contribution < 1.29 is 14.3 Å². The maximum Gasteiger partial charge on any atom is 0.253 e. The number of aromatic nitrogens is 2. The first-order valence-corrected chi connectivity index (χ1v) is 7.77. The fourth-order valence-corrected chi connectivity index (χ4v) is 2.48. The average Bonchev–Trinajstić information content (AvgIpc) is 2.96. The molecule has 0 fully saturated rings. The molecule has 1 atom stereocenters. The van der Waals surface area contributed by atoms with Crippen molar-refractivity contribution in [2.45, 2.75) is 6.92 Å². The van der Waals surface area contributed by atoms with Gasteiger partial charge in [-0.05, 0) is 30.3 Å². The minimum atomic E-state index is -0.582. The van der Waals surface area contributed by atoms with Gasteiger partial charge in [0, 0.05) is 10.9 Å². The summed E-state index contributed by atoms with van der Waals surface area (Å²) >= 11 is 0. The van der Waals surface area contributed by atoms with Gasteiger partial charge < -0.3 is 16.2 Å². The van der Waals surface area contributed by atoms with Gasteiger partial charge >= 0.3 is 0 Å². The summed E-state index contributed by atoms with van der Waals surface area (Å²) in [6, 6.07) is 13.9. The first-order chi connectivity index (χ1) is 12.0. The van der Waals surface area contributed by atoms with Crippen LogP contribution < -0.4 is 16.2 Å². The number of primary amides is 1. The number of hydrogen-bond donors (Lipinski definition) is 2. The monoisotopic (exact) mass is 338 g/mol. The number of anilines is 1. The van der Waals surface area contributed by atoms with E-state index in [-0.39, 0.29) is 23.9 Å². The van der Waals surface area contributed by atoms with Crippen molar-refractivity contribution in [1.29, 1.82) is 0 Å². The minimum Gasteiger partial charge on any atom is -0.493 e. The lowest BCUT2D eigenvalue weighted by Crippen LogP contribution is -2.25. The number of fused-ring (bicyclic) bond motifs is 1. The molecule has 7 heteroatoms. The van der Waals surface area contributed by atoms with Gasteiger partial charge in [0.25, 0.3) is 5.91 Å². The third-order valence-corrected chi connectivity index (χ3v) is 3.87. The van der Waals surface area contributed by atoms with Crippen LogP contribution in [0.3, 0.4) is 0 Å². The maximum atomic E-state index is 12.7. The number of carbonyl (C=O) groups excluding carboxylic acids is 2. The topological polar surface area (TPSA) is 113 Å². The van der Waals surface area contributed by atoms with Crippen LogP contribution in [0.25, 0.3) is 10.9 Å². The summed E-state index contributed by atoms with van der Waals surface area (Å²) in [6.07, 6.45) is 0. The molecule has 0 radical (unpaired) electrons. The molecular weight excluding hydrogens is 320 g/mol. The Morgan fingerprint density at radius 2 is 1.92 bits per heavy atom. The third kappa shape index (κ3) is 3.30. The number of amides is 1. The fourth-order valence-electron chi connectivity index (χ4n) is 2.48. The number of carbonyl (C=O) groups is 2. The van der Waals surface area contributed by atoms with Gasteiger partial charge in [0.05, 0.1) is 18.0 Å². The Balaban J connectivity index is 1.85. The maximum absolute atomic E-state index is 12.7. The molecule has 0 aliphatic heterocycles. The Kier molecular flexibility index (Phi) is 4.38. The third-order valence-electron chi connectivity index (χ3n) is 3.87. The standard InChI is InChI=1S/C18H18N4O3/c1-11(10-25-13-5-3-2-4-6-13)18(24)22-15-9-12(17(20)23)7-8-14(15)16(19)21-22/h2-9,11H,10H2,1H3,(H2,19,21)(H2,20,23)/t11-/m1/s1. The summed E-state index contributed by atoms with van der Waals surface area (Å²) in [5.74, 6) is -0.418. The second-order valence-corrected chi connectivity index (χ2v) is 5.76. The zero-order chi connectivity index (χ0) is 18.0. The number of para-hydroxylation sites is 1. The van der Waals surface area contributed by atoms with Gasteiger partial charge in [-0.2, -0.15) is 4.68 Å². The van der Waals surface area contributed by atoms with Gasteiger partial charge in [-0.25, -0.2) is 0 Å². The van der Waals surface area contributed by atoms with Crippen molar-refractivity contribution in [1.82, 2.24) is 9.78 Å². The Morgan fingerprint density at radius 1 is 1.20 bits per heavy atom. The van der Waals surface area contributed by atoms with E-state index in [0.29, 0.717) is 16.7 Å². The zero-order valence-corrected chi connectivity index (χ0v) is 13.7. The minimum absolute atomic E-state index is 0.194. The number of nitrogen functional groups attached to an aromatic ring is 1. The zero-order valence-electron chi connectivity index (χ0n) is 13.7. The molecule has 0 spiro atoms. The molecule has 7 nitrogen and oxygen atoms in total. The summed E-state index contributed by atoms with van der Waals surface area (Å²) in [5, 5.41) is 4.70. The first-order valence-electron chi connectivity index (χ1n) is 7.77. The predicted octanol–water partition coefficient (Wildman–Crippen LogP) is 2.07. The molecule has 1 heterocycles. The van der Waals surface area contributed by atoms with E-state index < -0.39 is 11.8 Å². The van der Waals surface area contributed by atoms with Crippen LogP contribution in [0.15, 0.2) is 48.5 Å². The number of ether oxygens (including phenoxy) is 1. The van der Waals surface area contributed by atoms with Crippen LogP contribution in [0.4, 0.5) is 5.82 Å². The fraction of sp³-hybridized carbons (Fsp3) is 0.167. The Hall–Kier alpha value is -3.35. The highest BCUT2D eigenvalue weighted by Crippen LogP contribution is 2.23. The molecule has 3 rings (SSSR count). The average molecular weight is 338 g/mol. The summed E-state index contributed by atoms with van der Waals surface area (Å²) in [4.78, 5) is 24.1. The molecule has 128 valence electrons. The molecular formula is C18H18N4O3. The Bertz CT molecular complexity index is 934. The number of nitrogens with zero attached hydrogens (tertiary/aromatic N) is 2. The molecule has 3 aromatic rings. The van der Waals surface area contributed by atoms with Gasteiger partial charge in [0.2, 0.25) is 5.91 Å². The lowest BCUT2D eigenvalue weighted by Gasteiger charge is -2.12. The molecule has 2 aromatic carbocycles. The van der Waals surface area contributed by atoms with E-state index in [1.165, 1.54) is 10.7 Å². The summed E-state index contributed by atoms with van der Waals surface area (Å²) in [7, 11) is 0. The van der Waals surface area contributed by atoms with Gasteiger partial charge in [0.1, 0.15) is 5.75 Å². The largest absolute Gasteiger partial charge is 0.493 e. The van der Waals surface area contributed by atoms with E-state index in [1.807, 2.05) is 30.3 Å². The molecule has 1 amide bonds. The van der Waals surface area contributed by atoms with Gasteiger partial charge in [-0.3, -0.25) is 9.59 Å². The van der Waals surface area contributed by atoms with Crippen LogP contribution in [0.1, 0.15) is 22.1 Å². The van der Waals surface area contributed by atoms with Crippen molar-refractivity contribution in [3.05, 3.63) is 54.1 Å². The second-order valence-electron chi connectivity index (χ2n) is 5.76. The van der Waals surface area contributed by atoms with Crippen molar-refractivity contribution in [2.75, 3.05) is 12.3 Å². The van der Waals surface area contributed by atoms with Gasteiger partial charge in [0.15, 0.2) is 5.82 Å². The molecule has 0 bridgehead atoms. The molecule has 0 aliphatic carbocycles. The van der Waals surface area contributed by atoms with Crippen LogP contribution in [0.2, 0.25) is 0 Å². The normalized spacial score (nSPS) is 12.0. The molecule has 0 saturated carbocycles. The van der Waals surface area contributed by atoms with E-state index in [0.717, 1.165) is 0 Å². The van der Waals surface area contributed by atoms with E-state index in [4.69, 9.17) is 16.2 Å². The van der Waals surface area contributed by atoms with Crippen LogP contribution >= 0.6 is 0 Å². The number of nitrogens with two attached hydrogens (primary N) is 2. The molecule has 0 aliphatic rings. The number of rotatable bonds is 5. The highest BCUT2D eigenvalue weighted by atomic mass is 16.5. The summed E-state index contributed by atoms with van der Waals surface area (Å²) in [5.41, 5.74) is 11.9. The van der Waals surface area contributed by atoms with Crippen molar-refractivity contribution in [3.8, 4) is 5.75 Å². The highest BCUT2D eigenvalue weighted by molar-refractivity contribution is 6.02. The van der Waals surface area contributed by atoms with E-state index in [1.54, 1.807) is 19.1 Å². The molecule has 0 saturated heterocycles. The molecule has 1 aromatic heterocycles. The van der Waals surface area contributed by atoms with Crippen LogP contribution in [-0.2, 0) is 0 Å². The molecule has 25 heavy (non-hydrogen) atoms. The van der Waals surface area contributed by atoms with E-state index >= 15 is 0 Å². The summed E-state index contributed by atoms with van der Waals surface area (Å²) < 4.78 is 6.83. The lowest BCUT2D eigenvalue weighted by atomic mass is 10.1. The Labute approximate surface area is 144 Å².